The Bertz CT molecular complexity index is 3870. The highest BCUT2D eigenvalue weighted by atomic mass is 14.2. The van der Waals surface area contributed by atoms with Gasteiger partial charge in [-0.15, -0.1) is 0 Å². The Morgan fingerprint density at radius 3 is 0.917 bits per heavy atom. The zero-order valence-corrected chi connectivity index (χ0v) is 32.8. The molecule has 0 fully saturated rings. The summed E-state index contributed by atoms with van der Waals surface area (Å²) in [5, 5.41) is 23.0. The van der Waals surface area contributed by atoms with Gasteiger partial charge in [0.15, 0.2) is 0 Å². The van der Waals surface area contributed by atoms with Gasteiger partial charge in [0.2, 0.25) is 0 Å². The molecule has 0 heteroatoms. The topological polar surface area (TPSA) is 0 Å². The lowest BCUT2D eigenvalue weighted by atomic mass is 9.83. The number of benzene rings is 13. The van der Waals surface area contributed by atoms with Gasteiger partial charge >= 0.3 is 0 Å². The summed E-state index contributed by atoms with van der Waals surface area (Å²) >= 11 is 0. The summed E-state index contributed by atoms with van der Waals surface area (Å²) in [5.74, 6) is 0. The van der Waals surface area contributed by atoms with Crippen molar-refractivity contribution in [2.24, 2.45) is 0 Å². The quantitative estimate of drug-likeness (QED) is 0.124. The summed E-state index contributed by atoms with van der Waals surface area (Å²) in [5.41, 5.74) is 7.42. The van der Waals surface area contributed by atoms with E-state index in [1.807, 2.05) is 0 Å². The zero-order valence-electron chi connectivity index (χ0n) is 32.8. The van der Waals surface area contributed by atoms with Crippen LogP contribution in [0, 0.1) is 0 Å². The Hall–Kier alpha value is -7.80. The first-order valence-corrected chi connectivity index (χ1v) is 20.9. The molecule has 0 amide bonds. The van der Waals surface area contributed by atoms with Crippen LogP contribution >= 0.6 is 0 Å². The summed E-state index contributed by atoms with van der Waals surface area (Å²) in [4.78, 5) is 0. The Labute approximate surface area is 347 Å². The van der Waals surface area contributed by atoms with Crippen molar-refractivity contribution in [3.8, 4) is 33.4 Å². The van der Waals surface area contributed by atoms with E-state index in [1.54, 1.807) is 0 Å². The van der Waals surface area contributed by atoms with Gasteiger partial charge in [-0.1, -0.05) is 194 Å². The molecule has 0 N–H and O–H groups in total. The van der Waals surface area contributed by atoms with Crippen molar-refractivity contribution in [3.05, 3.63) is 218 Å². The van der Waals surface area contributed by atoms with Crippen LogP contribution in [0.1, 0.15) is 0 Å². The minimum Gasteiger partial charge on any atom is -0.0616 e. The standard InChI is InChI=1S/C60H36/c1-2-14-38-33-39(26-25-37(38)13-1)40-27-32-55-58(34-40)60(42-29-31-52-48-20-6-4-16-44(48)46-18-8-10-22-50(46)57(52)36-42)54-24-12-11-23-53(54)59(55)41-28-30-51-47-19-5-3-15-43(47)45-17-7-9-21-49(45)56(51)35-41/h1-36H. The first-order valence-electron chi connectivity index (χ1n) is 20.9. The molecule has 0 aliphatic heterocycles. The molecule has 0 radical (unpaired) electrons. The summed E-state index contributed by atoms with van der Waals surface area (Å²) in [6, 6.07) is 81.6. The van der Waals surface area contributed by atoms with Crippen LogP contribution in [-0.4, -0.2) is 0 Å². The molecule has 0 spiro atoms. The lowest BCUT2D eigenvalue weighted by Gasteiger charge is -2.20. The SMILES string of the molecule is c1ccc2cc(-c3ccc4c(-c5ccc6c7ccccc7c7ccccc7c6c5)c5ccccc5c(-c5ccc6c7ccccc7c7ccccc7c6c5)c4c3)ccc2c1. The van der Waals surface area contributed by atoms with Crippen molar-refractivity contribution in [1.82, 2.24) is 0 Å². The lowest BCUT2D eigenvalue weighted by Crippen LogP contribution is -1.93. The fraction of sp³-hybridized carbons (Fsp3) is 0. The third-order valence-electron chi connectivity index (χ3n) is 13.2. The predicted octanol–water partition coefficient (Wildman–Crippen LogP) is 17.1. The summed E-state index contributed by atoms with van der Waals surface area (Å²) < 4.78 is 0. The van der Waals surface area contributed by atoms with Crippen LogP contribution in [0.15, 0.2) is 218 Å². The Balaban J connectivity index is 1.15. The van der Waals surface area contributed by atoms with Crippen LogP contribution in [0.25, 0.3) is 130 Å². The molecule has 0 unspecified atom stereocenters. The molecule has 0 aliphatic rings. The molecular weight excluding hydrogens is 721 g/mol. The van der Waals surface area contributed by atoms with Gasteiger partial charge in [-0.3, -0.25) is 0 Å². The maximum Gasteiger partial charge on any atom is -0.00259 e. The number of fused-ring (bicyclic) bond motifs is 15. The van der Waals surface area contributed by atoms with E-state index in [2.05, 4.69) is 218 Å². The van der Waals surface area contributed by atoms with E-state index in [0.717, 1.165) is 0 Å². The van der Waals surface area contributed by atoms with Crippen molar-refractivity contribution in [2.75, 3.05) is 0 Å². The Kier molecular flexibility index (Phi) is 7.11. The van der Waals surface area contributed by atoms with Crippen molar-refractivity contribution in [1.29, 1.82) is 0 Å². The van der Waals surface area contributed by atoms with Gasteiger partial charge < -0.3 is 0 Å². The number of rotatable bonds is 3. The highest BCUT2D eigenvalue weighted by Crippen LogP contribution is 2.48. The van der Waals surface area contributed by atoms with Crippen LogP contribution in [0.5, 0.6) is 0 Å². The van der Waals surface area contributed by atoms with Gasteiger partial charge in [-0.05, 0) is 155 Å². The number of hydrogen-bond acceptors (Lipinski definition) is 0. The van der Waals surface area contributed by atoms with E-state index in [4.69, 9.17) is 0 Å². The average Bonchev–Trinajstić information content (AvgIpc) is 3.32. The molecule has 0 aromatic heterocycles. The fourth-order valence-electron chi connectivity index (χ4n) is 10.5. The third kappa shape index (κ3) is 4.86. The van der Waals surface area contributed by atoms with Crippen LogP contribution in [0.4, 0.5) is 0 Å². The first-order chi connectivity index (χ1) is 29.8. The molecular formula is C60H36. The minimum atomic E-state index is 1.21. The van der Waals surface area contributed by atoms with E-state index in [9.17, 15) is 0 Å². The molecule has 13 aromatic rings. The lowest BCUT2D eigenvalue weighted by molar-refractivity contribution is 1.66. The van der Waals surface area contributed by atoms with Crippen LogP contribution in [0.2, 0.25) is 0 Å². The first kappa shape index (κ1) is 33.2. The van der Waals surface area contributed by atoms with Crippen molar-refractivity contribution in [2.45, 2.75) is 0 Å². The molecule has 0 heterocycles. The molecule has 0 aliphatic carbocycles. The van der Waals surface area contributed by atoms with E-state index in [0.29, 0.717) is 0 Å². The molecule has 60 heavy (non-hydrogen) atoms. The average molecular weight is 757 g/mol. The van der Waals surface area contributed by atoms with Gasteiger partial charge in [0.1, 0.15) is 0 Å². The number of hydrogen-bond donors (Lipinski definition) is 0. The highest BCUT2D eigenvalue weighted by molar-refractivity contribution is 6.29. The zero-order chi connectivity index (χ0) is 39.3. The Morgan fingerprint density at radius 2 is 0.433 bits per heavy atom. The van der Waals surface area contributed by atoms with E-state index < -0.39 is 0 Å². The van der Waals surface area contributed by atoms with Gasteiger partial charge in [-0.2, -0.15) is 0 Å². The van der Waals surface area contributed by atoms with E-state index in [1.165, 1.54) is 130 Å². The van der Waals surface area contributed by atoms with Gasteiger partial charge in [0, 0.05) is 0 Å². The summed E-state index contributed by atoms with van der Waals surface area (Å²) in [7, 11) is 0. The van der Waals surface area contributed by atoms with Crippen molar-refractivity contribution >= 4 is 97.0 Å². The summed E-state index contributed by atoms with van der Waals surface area (Å²) in [6.45, 7) is 0. The molecule has 276 valence electrons. The minimum absolute atomic E-state index is 1.21. The van der Waals surface area contributed by atoms with Crippen molar-refractivity contribution in [3.63, 3.8) is 0 Å². The van der Waals surface area contributed by atoms with Crippen LogP contribution in [0.3, 0.4) is 0 Å². The second-order valence-corrected chi connectivity index (χ2v) is 16.3. The monoisotopic (exact) mass is 756 g/mol. The molecule has 0 atom stereocenters. The predicted molar refractivity (Wildman–Crippen MR) is 260 cm³/mol. The second-order valence-electron chi connectivity index (χ2n) is 16.3. The molecule has 13 rings (SSSR count). The molecule has 13 aromatic carbocycles. The highest BCUT2D eigenvalue weighted by Gasteiger charge is 2.20. The summed E-state index contributed by atoms with van der Waals surface area (Å²) in [6.07, 6.45) is 0. The van der Waals surface area contributed by atoms with E-state index >= 15 is 0 Å². The largest absolute Gasteiger partial charge is 0.0616 e. The van der Waals surface area contributed by atoms with Crippen LogP contribution < -0.4 is 0 Å². The molecule has 0 nitrogen and oxygen atoms in total. The van der Waals surface area contributed by atoms with Gasteiger partial charge in [-0.25, -0.2) is 0 Å². The molecule has 0 saturated heterocycles. The van der Waals surface area contributed by atoms with Gasteiger partial charge in [0.05, 0.1) is 0 Å². The van der Waals surface area contributed by atoms with Gasteiger partial charge in [0.25, 0.3) is 0 Å². The smallest absolute Gasteiger partial charge is 0.00259 e. The molecule has 0 saturated carbocycles. The van der Waals surface area contributed by atoms with E-state index in [-0.39, 0.29) is 0 Å². The van der Waals surface area contributed by atoms with Crippen molar-refractivity contribution < 1.29 is 0 Å². The normalized spacial score (nSPS) is 12.0. The van der Waals surface area contributed by atoms with Crippen LogP contribution in [-0.2, 0) is 0 Å². The second kappa shape index (κ2) is 12.9. The maximum atomic E-state index is 2.46. The maximum absolute atomic E-state index is 2.46. The Morgan fingerprint density at radius 1 is 0.150 bits per heavy atom. The molecule has 0 bridgehead atoms. The third-order valence-corrected chi connectivity index (χ3v) is 13.2. The fourth-order valence-corrected chi connectivity index (χ4v) is 10.5.